The zero-order valence-electron chi connectivity index (χ0n) is 34.2. The number of methoxy groups -OCH3 is 1. The molecule has 0 spiro atoms. The van der Waals surface area contributed by atoms with Crippen molar-refractivity contribution < 1.29 is 29.0 Å². The topological polar surface area (TPSA) is 168 Å². The number of benzene rings is 2. The second-order valence-corrected chi connectivity index (χ2v) is 16.4. The Bertz CT molecular complexity index is 2180. The van der Waals surface area contributed by atoms with Gasteiger partial charge in [0, 0.05) is 50.1 Å². The first-order valence-electron chi connectivity index (χ1n) is 19.6. The predicted molar refractivity (Wildman–Crippen MR) is 216 cm³/mol. The quantitative estimate of drug-likeness (QED) is 0.161. The van der Waals surface area contributed by atoms with Crippen LogP contribution in [0.15, 0.2) is 48.7 Å². The molecule has 14 nitrogen and oxygen atoms in total. The van der Waals surface area contributed by atoms with Crippen molar-refractivity contribution in [2.24, 2.45) is 23.7 Å². The van der Waals surface area contributed by atoms with E-state index >= 15 is 0 Å². The Balaban J connectivity index is 1.15. The monoisotopic (exact) mass is 778 g/mol. The van der Waals surface area contributed by atoms with Crippen molar-refractivity contribution in [2.75, 3.05) is 34.3 Å². The number of likely N-dealkylation sites (tertiary alicyclic amines) is 2. The number of carbonyl (C=O) groups is 4. The van der Waals surface area contributed by atoms with E-state index in [1.54, 1.807) is 11.9 Å². The Kier molecular flexibility index (Phi) is 12.0. The first kappa shape index (κ1) is 40.8. The summed E-state index contributed by atoms with van der Waals surface area (Å²) >= 11 is 0. The van der Waals surface area contributed by atoms with Crippen LogP contribution in [0.1, 0.15) is 89.2 Å². The molecule has 2 fully saturated rings. The van der Waals surface area contributed by atoms with E-state index in [0.29, 0.717) is 24.7 Å². The molecule has 3 N–H and O–H groups in total. The van der Waals surface area contributed by atoms with E-state index in [1.165, 1.54) is 19.1 Å². The Morgan fingerprint density at radius 2 is 1.35 bits per heavy atom. The number of hydrogen-bond donors (Lipinski definition) is 3. The third kappa shape index (κ3) is 8.48. The summed E-state index contributed by atoms with van der Waals surface area (Å²) in [7, 11) is 4.36. The van der Waals surface area contributed by atoms with Gasteiger partial charge in [0.15, 0.2) is 0 Å². The lowest BCUT2D eigenvalue weighted by atomic mass is 10.0. The fourth-order valence-electron chi connectivity index (χ4n) is 8.39. The van der Waals surface area contributed by atoms with Crippen molar-refractivity contribution in [3.8, 4) is 23.1 Å². The zero-order chi connectivity index (χ0) is 41.3. The van der Waals surface area contributed by atoms with Crippen LogP contribution < -0.4 is 0 Å². The predicted octanol–water partition coefficient (Wildman–Crippen LogP) is 6.53. The van der Waals surface area contributed by atoms with Crippen LogP contribution in [0.3, 0.4) is 0 Å². The summed E-state index contributed by atoms with van der Waals surface area (Å²) in [6.45, 7) is 12.9. The Hall–Kier alpha value is -5.84. The highest BCUT2D eigenvalue weighted by Gasteiger charge is 2.43. The van der Waals surface area contributed by atoms with Gasteiger partial charge in [0.2, 0.25) is 11.8 Å². The molecule has 2 aliphatic rings. The van der Waals surface area contributed by atoms with E-state index in [1.807, 2.05) is 81.3 Å². The largest absolute Gasteiger partial charge is 0.465 e. The molecular formula is C43H54N8O6. The number of nitrogens with zero attached hydrogens (tertiary/aromatic N) is 6. The molecule has 6 rings (SSSR count). The van der Waals surface area contributed by atoms with Gasteiger partial charge in [-0.15, -0.1) is 0 Å². The van der Waals surface area contributed by atoms with Gasteiger partial charge in [0.1, 0.15) is 23.7 Å². The summed E-state index contributed by atoms with van der Waals surface area (Å²) in [5, 5.41) is 9.63. The van der Waals surface area contributed by atoms with E-state index in [2.05, 4.69) is 35.7 Å². The summed E-state index contributed by atoms with van der Waals surface area (Å²) in [4.78, 5) is 74.4. The van der Waals surface area contributed by atoms with Crippen molar-refractivity contribution in [2.45, 2.75) is 78.6 Å². The molecule has 2 aliphatic heterocycles. The highest BCUT2D eigenvalue weighted by Crippen LogP contribution is 2.38. The van der Waals surface area contributed by atoms with Gasteiger partial charge in [-0.1, -0.05) is 65.5 Å². The van der Waals surface area contributed by atoms with Gasteiger partial charge in [-0.25, -0.2) is 19.6 Å². The molecule has 0 unspecified atom stereocenters. The summed E-state index contributed by atoms with van der Waals surface area (Å²) in [6, 6.07) is 11.7. The molecule has 0 radical (unpaired) electrons. The zero-order valence-corrected chi connectivity index (χ0v) is 34.2. The van der Waals surface area contributed by atoms with Crippen molar-refractivity contribution >= 4 is 35.0 Å². The van der Waals surface area contributed by atoms with Crippen molar-refractivity contribution in [1.82, 2.24) is 39.5 Å². The number of nitrogens with one attached hydrogen (secondary N) is 2. The molecular weight excluding hydrogens is 725 g/mol. The van der Waals surface area contributed by atoms with E-state index in [9.17, 15) is 24.3 Å². The number of ether oxygens (including phenoxy) is 1. The second kappa shape index (κ2) is 16.7. The number of likely N-dealkylation sites (N-methyl/N-ethyl adjacent to an activating group) is 2. The molecule has 2 saturated heterocycles. The molecule has 0 bridgehead atoms. The maximum absolute atomic E-state index is 13.9. The number of fused-ring (bicyclic) bond motifs is 1. The summed E-state index contributed by atoms with van der Waals surface area (Å²) in [5.41, 5.74) is 4.87. The molecule has 4 amide bonds. The number of rotatable bonds is 9. The second-order valence-electron chi connectivity index (χ2n) is 16.4. The van der Waals surface area contributed by atoms with Gasteiger partial charge in [0.05, 0.1) is 35.9 Å². The highest BCUT2D eigenvalue weighted by atomic mass is 16.5. The number of imidazole rings is 2. The first-order chi connectivity index (χ1) is 27.1. The number of aromatic amines is 2. The van der Waals surface area contributed by atoms with Crippen molar-refractivity contribution in [3.05, 3.63) is 71.4 Å². The summed E-state index contributed by atoms with van der Waals surface area (Å²) < 4.78 is 4.92. The molecule has 2 aromatic carbocycles. The molecule has 0 saturated carbocycles. The van der Waals surface area contributed by atoms with Crippen LogP contribution in [0.25, 0.3) is 22.3 Å². The van der Waals surface area contributed by atoms with E-state index in [4.69, 9.17) is 14.7 Å². The van der Waals surface area contributed by atoms with Crippen LogP contribution in [0, 0.1) is 35.5 Å². The average Bonchev–Trinajstić information content (AvgIpc) is 3.98. The Morgan fingerprint density at radius 1 is 0.807 bits per heavy atom. The third-order valence-corrected chi connectivity index (χ3v) is 11.2. The number of hydrogen-bond acceptors (Lipinski definition) is 7. The fourth-order valence-corrected chi connectivity index (χ4v) is 8.39. The van der Waals surface area contributed by atoms with E-state index in [0.717, 1.165) is 51.2 Å². The van der Waals surface area contributed by atoms with Crippen LogP contribution in [-0.4, -0.2) is 115 Å². The van der Waals surface area contributed by atoms with Gasteiger partial charge in [-0.3, -0.25) is 19.4 Å². The number of carboxylic acid groups (broad SMARTS) is 1. The molecule has 4 aromatic rings. The third-order valence-electron chi connectivity index (χ3n) is 11.2. The lowest BCUT2D eigenvalue weighted by Crippen LogP contribution is -2.52. The molecule has 57 heavy (non-hydrogen) atoms. The molecule has 4 heterocycles. The van der Waals surface area contributed by atoms with E-state index < -0.39 is 24.3 Å². The molecule has 6 atom stereocenters. The molecule has 14 heteroatoms. The smallest absolute Gasteiger partial charge is 0.409 e. The minimum atomic E-state index is -1.13. The van der Waals surface area contributed by atoms with Crippen LogP contribution >= 0.6 is 0 Å². The molecule has 2 aromatic heterocycles. The number of aromatic nitrogens is 4. The van der Waals surface area contributed by atoms with Gasteiger partial charge < -0.3 is 29.6 Å². The Morgan fingerprint density at radius 3 is 1.91 bits per heavy atom. The minimum Gasteiger partial charge on any atom is -0.465 e. The standard InChI is InChI=1S/C43H54N8O6/c1-24(2)36(48(7)42(54)55)40(52)50-22-26(5)18-34(50)38-44-21-33(47-38)30-15-12-28(13-16-30)10-11-29-14-17-31-32(20-29)46-39(45-31)35-19-27(6)23-51(35)41(53)37(25(3)4)49(8)43(56)57-9/h12-17,20-21,24-27,34-37H,18-19,22-23H2,1-9H3,(H,44,47)(H,45,46)(H,54,55)/t26-,27-,34-,35-,36-,37-/m0/s1. The average molecular weight is 779 g/mol. The molecule has 0 aliphatic carbocycles. The van der Waals surface area contributed by atoms with Gasteiger partial charge in [-0.2, -0.15) is 0 Å². The van der Waals surface area contributed by atoms with Gasteiger partial charge in [-0.05, 0) is 66.8 Å². The highest BCUT2D eigenvalue weighted by molar-refractivity contribution is 5.87. The van der Waals surface area contributed by atoms with Crippen molar-refractivity contribution in [1.29, 1.82) is 0 Å². The molecule has 302 valence electrons. The maximum atomic E-state index is 13.9. The number of carbonyl (C=O) groups excluding carboxylic acids is 3. The summed E-state index contributed by atoms with van der Waals surface area (Å²) in [5.74, 6) is 7.77. The van der Waals surface area contributed by atoms with E-state index in [-0.39, 0.29) is 47.6 Å². The Labute approximate surface area is 334 Å². The van der Waals surface area contributed by atoms with Gasteiger partial charge >= 0.3 is 12.2 Å². The lowest BCUT2D eigenvalue weighted by molar-refractivity contribution is -0.139. The number of amides is 4. The van der Waals surface area contributed by atoms with Crippen molar-refractivity contribution in [3.63, 3.8) is 0 Å². The SMILES string of the molecule is COC(=O)N(C)[C@H](C(=O)N1C[C@@H](C)C[C@H]1c1nc2cc(C#Cc3ccc(-c4c[nH]c([C@@H]5C[C@H](C)CN5C(=O)[C@H](C(C)C)N(C)C(=O)O)n4)cc3)ccc2[nH]1)C(C)C. The first-order valence-corrected chi connectivity index (χ1v) is 19.6. The van der Waals surface area contributed by atoms with Gasteiger partial charge in [0.25, 0.3) is 0 Å². The van der Waals surface area contributed by atoms with Crippen LogP contribution in [-0.2, 0) is 14.3 Å². The lowest BCUT2D eigenvalue weighted by Gasteiger charge is -2.34. The fraction of sp³-hybridized carbons (Fsp3) is 0.488. The maximum Gasteiger partial charge on any atom is 0.409 e. The van der Waals surface area contributed by atoms with Crippen LogP contribution in [0.4, 0.5) is 9.59 Å². The number of H-pyrrole nitrogens is 2. The van der Waals surface area contributed by atoms with Crippen LogP contribution in [0.2, 0.25) is 0 Å². The minimum absolute atomic E-state index is 0.111. The van der Waals surface area contributed by atoms with Crippen LogP contribution in [0.5, 0.6) is 0 Å². The summed E-state index contributed by atoms with van der Waals surface area (Å²) in [6.07, 6.45) is 1.64. The normalized spacial score (nSPS) is 20.4.